The first-order chi connectivity index (χ1) is 15.5. The molecule has 170 valence electrons. The normalized spacial score (nSPS) is 21.5. The van der Waals surface area contributed by atoms with Gasteiger partial charge >= 0.3 is 0 Å². The van der Waals surface area contributed by atoms with Crippen molar-refractivity contribution in [2.24, 2.45) is 5.92 Å². The van der Waals surface area contributed by atoms with Crippen molar-refractivity contribution in [3.05, 3.63) is 65.8 Å². The topological polar surface area (TPSA) is 66.2 Å². The fourth-order valence-electron chi connectivity index (χ4n) is 4.53. The Bertz CT molecular complexity index is 960. The number of carbonyl (C=O) groups excluding carboxylic acids is 2. The molecule has 7 nitrogen and oxygen atoms in total. The summed E-state index contributed by atoms with van der Waals surface area (Å²) in [5.74, 6) is 0.363. The van der Waals surface area contributed by atoms with Crippen molar-refractivity contribution in [1.29, 1.82) is 0 Å². The largest absolute Gasteiger partial charge is 0.494 e. The second kappa shape index (κ2) is 9.71. The summed E-state index contributed by atoms with van der Waals surface area (Å²) in [5.41, 5.74) is 1.60. The number of amides is 1. The molecule has 2 aliphatic rings. The number of allylic oxidation sites excluding steroid dienone is 2. The minimum atomic E-state index is -0.796. The SMILES string of the molecule is CCOc1ccc(C(C2C(=O)C=C(C)N(Cc3ccco3)C2=O)N2CCN(C)CC2)cc1. The summed E-state index contributed by atoms with van der Waals surface area (Å²) in [7, 11) is 2.09. The number of ether oxygens (including phenoxy) is 1. The maximum absolute atomic E-state index is 13.7. The monoisotopic (exact) mass is 437 g/mol. The molecule has 1 fully saturated rings. The van der Waals surface area contributed by atoms with E-state index in [1.54, 1.807) is 30.2 Å². The highest BCUT2D eigenvalue weighted by Gasteiger charge is 2.44. The summed E-state index contributed by atoms with van der Waals surface area (Å²) >= 11 is 0. The van der Waals surface area contributed by atoms with Crippen molar-refractivity contribution in [2.75, 3.05) is 39.8 Å². The average molecular weight is 438 g/mol. The van der Waals surface area contributed by atoms with Crippen LogP contribution in [0.5, 0.6) is 5.75 Å². The van der Waals surface area contributed by atoms with Gasteiger partial charge in [-0.3, -0.25) is 14.5 Å². The summed E-state index contributed by atoms with van der Waals surface area (Å²) in [4.78, 5) is 33.2. The minimum Gasteiger partial charge on any atom is -0.494 e. The van der Waals surface area contributed by atoms with Gasteiger partial charge in [0.2, 0.25) is 5.91 Å². The quantitative estimate of drug-likeness (QED) is 0.620. The molecular weight excluding hydrogens is 406 g/mol. The molecule has 0 N–H and O–H groups in total. The van der Waals surface area contributed by atoms with E-state index >= 15 is 0 Å². The Kier molecular flexibility index (Phi) is 6.77. The van der Waals surface area contributed by atoms with Crippen molar-refractivity contribution < 1.29 is 18.7 Å². The lowest BCUT2D eigenvalue weighted by atomic mass is 9.84. The molecule has 3 heterocycles. The molecule has 1 aromatic heterocycles. The van der Waals surface area contributed by atoms with Crippen molar-refractivity contribution in [3.8, 4) is 5.75 Å². The smallest absolute Gasteiger partial charge is 0.240 e. The van der Waals surface area contributed by atoms with Crippen LogP contribution in [-0.2, 0) is 16.1 Å². The summed E-state index contributed by atoms with van der Waals surface area (Å²) in [6.07, 6.45) is 3.20. The van der Waals surface area contributed by atoms with Crippen molar-refractivity contribution >= 4 is 11.7 Å². The predicted molar refractivity (Wildman–Crippen MR) is 121 cm³/mol. The first kappa shape index (κ1) is 22.3. The first-order valence-corrected chi connectivity index (χ1v) is 11.2. The van der Waals surface area contributed by atoms with E-state index in [4.69, 9.17) is 9.15 Å². The third kappa shape index (κ3) is 4.64. The Morgan fingerprint density at radius 1 is 1.09 bits per heavy atom. The molecule has 0 radical (unpaired) electrons. The third-order valence-corrected chi connectivity index (χ3v) is 6.29. The van der Waals surface area contributed by atoms with Crippen LogP contribution in [0.25, 0.3) is 0 Å². The number of rotatable bonds is 7. The van der Waals surface area contributed by atoms with Crippen LogP contribution in [0.2, 0.25) is 0 Å². The molecule has 0 saturated carbocycles. The molecule has 0 spiro atoms. The van der Waals surface area contributed by atoms with Gasteiger partial charge < -0.3 is 19.0 Å². The molecule has 32 heavy (non-hydrogen) atoms. The molecule has 0 aliphatic carbocycles. The lowest BCUT2D eigenvalue weighted by molar-refractivity contribution is -0.144. The molecule has 0 bridgehead atoms. The van der Waals surface area contributed by atoms with Crippen LogP contribution < -0.4 is 4.74 Å². The molecule has 2 aliphatic heterocycles. The Hall–Kier alpha value is -2.90. The molecule has 1 saturated heterocycles. The van der Waals surface area contributed by atoms with E-state index < -0.39 is 5.92 Å². The zero-order valence-corrected chi connectivity index (χ0v) is 19.0. The van der Waals surface area contributed by atoms with Crippen LogP contribution >= 0.6 is 0 Å². The van der Waals surface area contributed by atoms with Gasteiger partial charge in [-0.2, -0.15) is 0 Å². The van der Waals surface area contributed by atoms with Gasteiger partial charge in [0, 0.05) is 38.0 Å². The van der Waals surface area contributed by atoms with E-state index in [-0.39, 0.29) is 17.7 Å². The first-order valence-electron chi connectivity index (χ1n) is 11.2. The lowest BCUT2D eigenvalue weighted by Crippen LogP contribution is -2.53. The zero-order valence-electron chi connectivity index (χ0n) is 19.0. The Morgan fingerprint density at radius 2 is 1.81 bits per heavy atom. The number of nitrogens with zero attached hydrogens (tertiary/aromatic N) is 3. The highest BCUT2D eigenvalue weighted by molar-refractivity contribution is 6.10. The summed E-state index contributed by atoms with van der Waals surface area (Å²) < 4.78 is 11.1. The standard InChI is InChI=1S/C25H31N3O4/c1-4-31-20-9-7-19(8-10-20)24(27-13-11-26(3)12-14-27)23-22(29)16-18(2)28(25(23)30)17-21-6-5-15-32-21/h5-10,15-16,23-24H,4,11-14,17H2,1-3H3. The Balaban J connectivity index is 1.68. The van der Waals surface area contributed by atoms with Gasteiger partial charge in [0.15, 0.2) is 5.78 Å². The number of likely N-dealkylation sites (N-methyl/N-ethyl adjacent to an activating group) is 1. The van der Waals surface area contributed by atoms with Crippen LogP contribution in [0.15, 0.2) is 58.9 Å². The fourth-order valence-corrected chi connectivity index (χ4v) is 4.53. The maximum atomic E-state index is 13.7. The fraction of sp³-hybridized carbons (Fsp3) is 0.440. The van der Waals surface area contributed by atoms with Gasteiger partial charge in [0.05, 0.1) is 25.5 Å². The van der Waals surface area contributed by atoms with Gasteiger partial charge in [-0.15, -0.1) is 0 Å². The summed E-state index contributed by atoms with van der Waals surface area (Å²) in [6.45, 7) is 8.04. The Labute approximate surface area is 189 Å². The predicted octanol–water partition coefficient (Wildman–Crippen LogP) is 3.10. The van der Waals surface area contributed by atoms with Gasteiger partial charge in [0.1, 0.15) is 17.4 Å². The van der Waals surface area contributed by atoms with Crippen LogP contribution in [0.1, 0.15) is 31.2 Å². The van der Waals surface area contributed by atoms with E-state index in [0.717, 1.165) is 37.5 Å². The van der Waals surface area contributed by atoms with Gasteiger partial charge in [-0.1, -0.05) is 12.1 Å². The molecule has 4 rings (SSSR count). The van der Waals surface area contributed by atoms with Crippen LogP contribution in [0.4, 0.5) is 0 Å². The number of ketones is 1. The van der Waals surface area contributed by atoms with E-state index in [1.807, 2.05) is 37.3 Å². The van der Waals surface area contributed by atoms with Gasteiger partial charge in [-0.25, -0.2) is 0 Å². The number of benzene rings is 1. The van der Waals surface area contributed by atoms with E-state index in [0.29, 0.717) is 24.6 Å². The van der Waals surface area contributed by atoms with Crippen LogP contribution in [-0.4, -0.2) is 66.2 Å². The highest BCUT2D eigenvalue weighted by Crippen LogP contribution is 2.36. The average Bonchev–Trinajstić information content (AvgIpc) is 3.29. The molecule has 2 aromatic rings. The Morgan fingerprint density at radius 3 is 2.44 bits per heavy atom. The molecule has 1 aromatic carbocycles. The lowest BCUT2D eigenvalue weighted by Gasteiger charge is -2.42. The van der Waals surface area contributed by atoms with Crippen molar-refractivity contribution in [1.82, 2.24) is 14.7 Å². The van der Waals surface area contributed by atoms with Gasteiger partial charge in [-0.05, 0) is 50.7 Å². The van der Waals surface area contributed by atoms with Crippen LogP contribution in [0, 0.1) is 5.92 Å². The van der Waals surface area contributed by atoms with Crippen LogP contribution in [0.3, 0.4) is 0 Å². The van der Waals surface area contributed by atoms with Crippen molar-refractivity contribution in [3.63, 3.8) is 0 Å². The summed E-state index contributed by atoms with van der Waals surface area (Å²) in [6, 6.07) is 11.1. The zero-order chi connectivity index (χ0) is 22.7. The number of furan rings is 1. The van der Waals surface area contributed by atoms with E-state index in [1.165, 1.54) is 0 Å². The molecular formula is C25H31N3O4. The third-order valence-electron chi connectivity index (χ3n) is 6.29. The van der Waals surface area contributed by atoms with E-state index in [9.17, 15) is 9.59 Å². The second-order valence-corrected chi connectivity index (χ2v) is 8.46. The van der Waals surface area contributed by atoms with Crippen molar-refractivity contribution in [2.45, 2.75) is 26.4 Å². The molecule has 2 unspecified atom stereocenters. The molecule has 2 atom stereocenters. The molecule has 1 amide bonds. The second-order valence-electron chi connectivity index (χ2n) is 8.46. The molecule has 7 heteroatoms. The minimum absolute atomic E-state index is 0.138. The summed E-state index contributed by atoms with van der Waals surface area (Å²) in [5, 5.41) is 0. The number of hydrogen-bond donors (Lipinski definition) is 0. The maximum Gasteiger partial charge on any atom is 0.240 e. The van der Waals surface area contributed by atoms with Gasteiger partial charge in [0.25, 0.3) is 0 Å². The number of hydrogen-bond acceptors (Lipinski definition) is 6. The van der Waals surface area contributed by atoms with E-state index in [2.05, 4.69) is 16.8 Å². The highest BCUT2D eigenvalue weighted by atomic mass is 16.5. The number of carbonyl (C=O) groups is 2. The number of piperazine rings is 1.